The third-order valence-electron chi connectivity index (χ3n) is 7.70. The maximum absolute atomic E-state index is 13.6. The first-order chi connectivity index (χ1) is 16.2. The monoisotopic (exact) mass is 466 g/mol. The van der Waals surface area contributed by atoms with Crippen LogP contribution in [-0.4, -0.2) is 48.2 Å². The minimum atomic E-state index is -0.890. The highest BCUT2D eigenvalue weighted by Gasteiger charge is 2.67. The summed E-state index contributed by atoms with van der Waals surface area (Å²) in [5, 5.41) is 3.05. The van der Waals surface area contributed by atoms with Gasteiger partial charge in [0.15, 0.2) is 6.10 Å². The van der Waals surface area contributed by atoms with E-state index in [0.29, 0.717) is 6.54 Å². The zero-order valence-electron chi connectivity index (χ0n) is 20.4. The van der Waals surface area contributed by atoms with E-state index >= 15 is 0 Å². The number of amides is 2. The van der Waals surface area contributed by atoms with Crippen molar-refractivity contribution >= 4 is 23.5 Å². The highest BCUT2D eigenvalue weighted by Crippen LogP contribution is 2.53. The van der Waals surface area contributed by atoms with Crippen molar-refractivity contribution in [3.8, 4) is 0 Å². The van der Waals surface area contributed by atoms with Gasteiger partial charge in [0.1, 0.15) is 11.5 Å². The molecule has 4 aliphatic rings. The smallest absolute Gasteiger partial charge is 0.313 e. The zero-order valence-corrected chi connectivity index (χ0v) is 20.4. The van der Waals surface area contributed by atoms with E-state index in [0.717, 1.165) is 42.5 Å². The van der Waals surface area contributed by atoms with E-state index in [2.05, 4.69) is 11.4 Å². The van der Waals surface area contributed by atoms with Crippen molar-refractivity contribution in [2.45, 2.75) is 77.2 Å². The van der Waals surface area contributed by atoms with E-state index in [1.807, 2.05) is 52.0 Å². The Hall–Kier alpha value is -2.67. The van der Waals surface area contributed by atoms with Crippen LogP contribution in [0.5, 0.6) is 0 Å². The highest BCUT2D eigenvalue weighted by molar-refractivity contribution is 6.03. The zero-order chi connectivity index (χ0) is 24.2. The molecule has 0 unspecified atom stereocenters. The van der Waals surface area contributed by atoms with Crippen molar-refractivity contribution in [1.29, 1.82) is 0 Å². The minimum Gasteiger partial charge on any atom is -0.452 e. The molecule has 3 aliphatic heterocycles. The van der Waals surface area contributed by atoms with Crippen LogP contribution in [0, 0.1) is 31.6 Å². The van der Waals surface area contributed by atoms with E-state index in [4.69, 9.17) is 9.47 Å². The van der Waals surface area contributed by atoms with Gasteiger partial charge < -0.3 is 19.7 Å². The van der Waals surface area contributed by atoms with Crippen LogP contribution in [0.1, 0.15) is 50.7 Å². The summed E-state index contributed by atoms with van der Waals surface area (Å²) >= 11 is 0. The molecule has 7 heteroatoms. The number of aryl methyl sites for hydroxylation is 2. The number of benzene rings is 1. The molecular weight excluding hydrogens is 432 g/mol. The van der Waals surface area contributed by atoms with Gasteiger partial charge in [-0.1, -0.05) is 44.9 Å². The highest BCUT2D eigenvalue weighted by atomic mass is 16.6. The molecule has 5 atom stereocenters. The molecule has 1 saturated carbocycles. The van der Waals surface area contributed by atoms with Gasteiger partial charge in [0.2, 0.25) is 5.91 Å². The molecule has 0 radical (unpaired) electrons. The van der Waals surface area contributed by atoms with Crippen molar-refractivity contribution in [3.05, 3.63) is 41.5 Å². The Morgan fingerprint density at radius 1 is 1.15 bits per heavy atom. The number of esters is 1. The summed E-state index contributed by atoms with van der Waals surface area (Å²) in [6.45, 7) is 8.11. The lowest BCUT2D eigenvalue weighted by atomic mass is 9.77. The maximum atomic E-state index is 13.6. The van der Waals surface area contributed by atoms with Crippen LogP contribution >= 0.6 is 0 Å². The normalized spacial score (nSPS) is 30.8. The number of ether oxygens (including phenoxy) is 2. The fourth-order valence-electron chi connectivity index (χ4n) is 6.14. The number of nitrogens with zero attached hydrogens (tertiary/aromatic N) is 1. The molecule has 3 fully saturated rings. The van der Waals surface area contributed by atoms with Crippen LogP contribution < -0.4 is 10.2 Å². The fourth-order valence-corrected chi connectivity index (χ4v) is 6.14. The summed E-state index contributed by atoms with van der Waals surface area (Å²) in [5.41, 5.74) is 2.13. The number of nitrogens with one attached hydrogen (secondary N) is 1. The average molecular weight is 467 g/mol. The number of hydrogen-bond donors (Lipinski definition) is 1. The van der Waals surface area contributed by atoms with Gasteiger partial charge in [0, 0.05) is 11.7 Å². The number of hydrogen-bond acceptors (Lipinski definition) is 5. The number of carbonyl (C=O) groups is 3. The van der Waals surface area contributed by atoms with Crippen molar-refractivity contribution in [2.24, 2.45) is 17.8 Å². The predicted molar refractivity (Wildman–Crippen MR) is 127 cm³/mol. The summed E-state index contributed by atoms with van der Waals surface area (Å²) in [4.78, 5) is 41.7. The van der Waals surface area contributed by atoms with Crippen molar-refractivity contribution in [1.82, 2.24) is 5.32 Å². The molecule has 2 bridgehead atoms. The predicted octanol–water partition coefficient (Wildman–Crippen LogP) is 3.22. The van der Waals surface area contributed by atoms with Crippen molar-refractivity contribution in [2.75, 3.05) is 11.4 Å². The second-order valence-corrected chi connectivity index (χ2v) is 10.8. The van der Waals surface area contributed by atoms with Gasteiger partial charge in [0.25, 0.3) is 5.91 Å². The number of carbonyl (C=O) groups excluding carboxylic acids is 3. The molecule has 1 aromatic rings. The van der Waals surface area contributed by atoms with Crippen molar-refractivity contribution in [3.63, 3.8) is 0 Å². The van der Waals surface area contributed by atoms with Crippen LogP contribution in [0.4, 0.5) is 5.69 Å². The topological polar surface area (TPSA) is 84.9 Å². The van der Waals surface area contributed by atoms with Gasteiger partial charge in [-0.05, 0) is 55.9 Å². The Bertz CT molecular complexity index is 1020. The molecule has 1 aliphatic carbocycles. The lowest BCUT2D eigenvalue weighted by Gasteiger charge is -2.27. The van der Waals surface area contributed by atoms with Crippen LogP contribution in [0.2, 0.25) is 0 Å². The second-order valence-electron chi connectivity index (χ2n) is 10.8. The molecule has 2 saturated heterocycles. The van der Waals surface area contributed by atoms with Gasteiger partial charge in [0.05, 0.1) is 18.6 Å². The molecule has 182 valence electrons. The summed E-state index contributed by atoms with van der Waals surface area (Å²) in [7, 11) is 0. The molecule has 1 aromatic carbocycles. The Kier molecular flexibility index (Phi) is 5.79. The molecule has 3 heterocycles. The molecule has 1 N–H and O–H groups in total. The van der Waals surface area contributed by atoms with Crippen LogP contribution in [0.3, 0.4) is 0 Å². The van der Waals surface area contributed by atoms with E-state index in [-0.39, 0.29) is 23.8 Å². The summed E-state index contributed by atoms with van der Waals surface area (Å²) in [5.74, 6) is -2.50. The second kappa shape index (κ2) is 8.52. The summed E-state index contributed by atoms with van der Waals surface area (Å²) in [6.07, 6.45) is 6.53. The minimum absolute atomic E-state index is 0.129. The fraction of sp³-hybridized carbons (Fsp3) is 0.593. The molecule has 7 nitrogen and oxygen atoms in total. The first-order valence-corrected chi connectivity index (χ1v) is 12.5. The van der Waals surface area contributed by atoms with Gasteiger partial charge in [-0.2, -0.15) is 0 Å². The summed E-state index contributed by atoms with van der Waals surface area (Å²) in [6, 6.07) is 6.17. The van der Waals surface area contributed by atoms with Crippen LogP contribution in [0.25, 0.3) is 0 Å². The molecule has 34 heavy (non-hydrogen) atoms. The van der Waals surface area contributed by atoms with Gasteiger partial charge in [-0.15, -0.1) is 0 Å². The average Bonchev–Trinajstić information content (AvgIpc) is 3.53. The largest absolute Gasteiger partial charge is 0.452 e. The maximum Gasteiger partial charge on any atom is 0.313 e. The van der Waals surface area contributed by atoms with E-state index in [9.17, 15) is 14.4 Å². The molecule has 5 rings (SSSR count). The van der Waals surface area contributed by atoms with Gasteiger partial charge >= 0.3 is 5.97 Å². The molecule has 2 amide bonds. The Morgan fingerprint density at radius 2 is 1.82 bits per heavy atom. The SMILES string of the molecule is Cc1cc(C)cc(N2C[C@@]34C=C[C@@H](O3)[C@H](C(=O)O[C@@H](C(=O)NC3CCCC3)C(C)C)[C@@H]4C2=O)c1. The number of rotatable bonds is 6. The van der Waals surface area contributed by atoms with Crippen LogP contribution in [0.15, 0.2) is 30.4 Å². The third kappa shape index (κ3) is 3.84. The van der Waals surface area contributed by atoms with Gasteiger partial charge in [-0.25, -0.2) is 0 Å². The number of anilines is 1. The Balaban J connectivity index is 1.35. The first-order valence-electron chi connectivity index (χ1n) is 12.5. The standard InChI is InChI=1S/C27H34N2O5/c1-15(2)23(24(30)28-18-7-5-6-8-18)33-26(32)21-20-9-10-27(34-20)14-29(25(31)22(21)27)19-12-16(3)11-17(4)13-19/h9-13,15,18,20-23H,5-8,14H2,1-4H3,(H,28,30)/t20-,21+,22-,23-,27-/m1/s1. The Morgan fingerprint density at radius 3 is 2.47 bits per heavy atom. The molecule has 0 aromatic heterocycles. The summed E-state index contributed by atoms with van der Waals surface area (Å²) < 4.78 is 12.1. The molecule has 1 spiro atoms. The quantitative estimate of drug-likeness (QED) is 0.514. The third-order valence-corrected chi connectivity index (χ3v) is 7.70. The Labute approximate surface area is 200 Å². The van der Waals surface area contributed by atoms with E-state index in [1.54, 1.807) is 4.90 Å². The molecular formula is C27H34N2O5. The van der Waals surface area contributed by atoms with Gasteiger partial charge in [-0.3, -0.25) is 14.4 Å². The van der Waals surface area contributed by atoms with E-state index in [1.165, 1.54) is 0 Å². The number of fused-ring (bicyclic) bond motifs is 1. The van der Waals surface area contributed by atoms with Crippen molar-refractivity contribution < 1.29 is 23.9 Å². The first kappa shape index (κ1) is 23.1. The van der Waals surface area contributed by atoms with Crippen LogP contribution in [-0.2, 0) is 23.9 Å². The lowest BCUT2D eigenvalue weighted by Crippen LogP contribution is -2.47. The lowest BCUT2D eigenvalue weighted by molar-refractivity contribution is -0.165. The van der Waals surface area contributed by atoms with E-state index < -0.39 is 35.6 Å².